The Morgan fingerprint density at radius 2 is 1.30 bits per heavy atom. The molecule has 2 N–H and O–H groups in total. The lowest BCUT2D eigenvalue weighted by Crippen LogP contribution is -3.10. The normalized spacial score (nSPS) is 12.1. The summed E-state index contributed by atoms with van der Waals surface area (Å²) in [6.07, 6.45) is -0.521. The summed E-state index contributed by atoms with van der Waals surface area (Å²) in [6, 6.07) is 28.8. The molecule has 1 atom stereocenters. The van der Waals surface area contributed by atoms with Crippen molar-refractivity contribution in [2.75, 3.05) is 13.2 Å². The molecule has 0 spiro atoms. The van der Waals surface area contributed by atoms with Crippen molar-refractivity contribution < 1.29 is 14.7 Å². The number of rotatable bonds is 9. The van der Waals surface area contributed by atoms with E-state index in [1.54, 1.807) is 0 Å². The third-order valence-electron chi connectivity index (χ3n) is 4.64. The summed E-state index contributed by atoms with van der Waals surface area (Å²) >= 11 is 0. The number of aliphatic hydroxyl groups excluding tert-OH is 1. The molecule has 0 aliphatic carbocycles. The zero-order chi connectivity index (χ0) is 18.9. The van der Waals surface area contributed by atoms with E-state index in [4.69, 9.17) is 4.74 Å². The predicted octanol–water partition coefficient (Wildman–Crippen LogP) is 3.02. The maximum Gasteiger partial charge on any atom is 0.137 e. The first-order valence-electron chi connectivity index (χ1n) is 9.48. The van der Waals surface area contributed by atoms with Crippen LogP contribution in [0.4, 0.5) is 0 Å². The Hall–Kier alpha value is -2.62. The first-order valence-corrected chi connectivity index (χ1v) is 9.48. The first-order chi connectivity index (χ1) is 13.2. The van der Waals surface area contributed by atoms with Gasteiger partial charge in [0.1, 0.15) is 38.1 Å². The molecule has 27 heavy (non-hydrogen) atoms. The molecule has 0 saturated heterocycles. The number of hydrogen-bond acceptors (Lipinski definition) is 2. The summed E-state index contributed by atoms with van der Waals surface area (Å²) in [5.41, 5.74) is 3.63. The standard InChI is InChI=1S/C24H27NO2/c1-20-10-8-9-15-24(20)27-19-23(26)18-25(16-21-11-4-2-5-12-21)17-22-13-6-3-7-14-22/h2-15,23,26H,16-19H2,1H3/p+1. The highest BCUT2D eigenvalue weighted by Crippen LogP contribution is 2.16. The van der Waals surface area contributed by atoms with Crippen LogP contribution in [0.1, 0.15) is 16.7 Å². The molecule has 140 valence electrons. The maximum absolute atomic E-state index is 10.6. The van der Waals surface area contributed by atoms with Crippen LogP contribution in [-0.2, 0) is 13.1 Å². The SMILES string of the molecule is Cc1ccccc1OCC(O)C[NH+](Cc1ccccc1)Cc1ccccc1. The maximum atomic E-state index is 10.6. The van der Waals surface area contributed by atoms with Crippen LogP contribution in [0.15, 0.2) is 84.9 Å². The van der Waals surface area contributed by atoms with Crippen molar-refractivity contribution in [1.29, 1.82) is 0 Å². The monoisotopic (exact) mass is 362 g/mol. The van der Waals surface area contributed by atoms with E-state index in [9.17, 15) is 5.11 Å². The van der Waals surface area contributed by atoms with Crippen LogP contribution in [0, 0.1) is 6.92 Å². The van der Waals surface area contributed by atoms with Gasteiger partial charge in [-0.25, -0.2) is 0 Å². The van der Waals surface area contributed by atoms with Crippen LogP contribution >= 0.6 is 0 Å². The summed E-state index contributed by atoms with van der Waals surface area (Å²) in [7, 11) is 0. The highest BCUT2D eigenvalue weighted by atomic mass is 16.5. The van der Waals surface area contributed by atoms with E-state index in [2.05, 4.69) is 48.5 Å². The number of hydrogen-bond donors (Lipinski definition) is 2. The Morgan fingerprint density at radius 1 is 0.778 bits per heavy atom. The molecule has 3 heteroatoms. The third kappa shape index (κ3) is 6.24. The van der Waals surface area contributed by atoms with Crippen molar-refractivity contribution in [2.24, 2.45) is 0 Å². The van der Waals surface area contributed by atoms with Gasteiger partial charge in [0.2, 0.25) is 0 Å². The summed E-state index contributed by atoms with van der Waals surface area (Å²) in [5, 5.41) is 10.6. The van der Waals surface area contributed by atoms with Crippen LogP contribution < -0.4 is 9.64 Å². The summed E-state index contributed by atoms with van der Waals surface area (Å²) < 4.78 is 5.84. The van der Waals surface area contributed by atoms with E-state index in [1.807, 2.05) is 43.3 Å². The highest BCUT2D eigenvalue weighted by Gasteiger charge is 2.17. The van der Waals surface area contributed by atoms with Gasteiger partial charge in [-0.1, -0.05) is 78.9 Å². The van der Waals surface area contributed by atoms with Gasteiger partial charge < -0.3 is 14.7 Å². The van der Waals surface area contributed by atoms with Crippen LogP contribution in [0.3, 0.4) is 0 Å². The Morgan fingerprint density at radius 3 is 1.85 bits per heavy atom. The molecule has 0 radical (unpaired) electrons. The average Bonchev–Trinajstić information content (AvgIpc) is 2.69. The molecule has 0 amide bonds. The predicted molar refractivity (Wildman–Crippen MR) is 109 cm³/mol. The number of ether oxygens (including phenoxy) is 1. The minimum Gasteiger partial charge on any atom is -0.490 e. The fourth-order valence-corrected chi connectivity index (χ4v) is 3.27. The Labute approximate surface area is 161 Å². The molecule has 1 unspecified atom stereocenters. The van der Waals surface area contributed by atoms with E-state index >= 15 is 0 Å². The molecule has 3 aromatic rings. The zero-order valence-electron chi connectivity index (χ0n) is 15.8. The third-order valence-corrected chi connectivity index (χ3v) is 4.64. The second-order valence-electron chi connectivity index (χ2n) is 7.01. The lowest BCUT2D eigenvalue weighted by Gasteiger charge is -2.23. The van der Waals surface area contributed by atoms with Gasteiger partial charge >= 0.3 is 0 Å². The number of aliphatic hydroxyl groups is 1. The summed E-state index contributed by atoms with van der Waals surface area (Å²) in [5.74, 6) is 0.837. The van der Waals surface area contributed by atoms with E-state index in [-0.39, 0.29) is 0 Å². The molecule has 3 aromatic carbocycles. The smallest absolute Gasteiger partial charge is 0.137 e. The molecule has 0 aromatic heterocycles. The second kappa shape index (κ2) is 9.91. The Bertz CT molecular complexity index is 763. The van der Waals surface area contributed by atoms with Crippen molar-refractivity contribution >= 4 is 0 Å². The van der Waals surface area contributed by atoms with Crippen molar-refractivity contribution in [3.8, 4) is 5.75 Å². The minimum absolute atomic E-state index is 0.304. The number of quaternary nitrogens is 1. The van der Waals surface area contributed by atoms with Crippen molar-refractivity contribution in [1.82, 2.24) is 0 Å². The lowest BCUT2D eigenvalue weighted by atomic mass is 10.1. The van der Waals surface area contributed by atoms with Crippen LogP contribution in [0.25, 0.3) is 0 Å². The fourth-order valence-electron chi connectivity index (χ4n) is 3.27. The molecule has 0 aliphatic rings. The Balaban J connectivity index is 1.62. The van der Waals surface area contributed by atoms with Crippen molar-refractivity contribution in [3.05, 3.63) is 102 Å². The van der Waals surface area contributed by atoms with Crippen molar-refractivity contribution in [2.45, 2.75) is 26.1 Å². The molecule has 0 heterocycles. The highest BCUT2D eigenvalue weighted by molar-refractivity contribution is 5.31. The largest absolute Gasteiger partial charge is 0.490 e. The topological polar surface area (TPSA) is 33.9 Å². The summed E-state index contributed by atoms with van der Waals surface area (Å²) in [4.78, 5) is 1.31. The van der Waals surface area contributed by atoms with Gasteiger partial charge in [-0.15, -0.1) is 0 Å². The van der Waals surface area contributed by atoms with Gasteiger partial charge in [0, 0.05) is 11.1 Å². The molecular formula is C24H28NO2+. The number of para-hydroxylation sites is 1. The van der Waals surface area contributed by atoms with Gasteiger partial charge in [0.15, 0.2) is 0 Å². The molecule has 0 fully saturated rings. The van der Waals surface area contributed by atoms with E-state index in [1.165, 1.54) is 16.0 Å². The van der Waals surface area contributed by atoms with Crippen LogP contribution in [-0.4, -0.2) is 24.4 Å². The molecule has 0 aliphatic heterocycles. The van der Waals surface area contributed by atoms with Crippen LogP contribution in [0.2, 0.25) is 0 Å². The fraction of sp³-hybridized carbons (Fsp3) is 0.250. The van der Waals surface area contributed by atoms with E-state index in [0.717, 1.165) is 24.4 Å². The Kier molecular flexibility index (Phi) is 7.03. The van der Waals surface area contributed by atoms with Gasteiger partial charge in [-0.3, -0.25) is 0 Å². The molecule has 0 bridgehead atoms. The van der Waals surface area contributed by atoms with Gasteiger partial charge in [0.25, 0.3) is 0 Å². The molecular weight excluding hydrogens is 334 g/mol. The number of nitrogens with one attached hydrogen (secondary N) is 1. The second-order valence-corrected chi connectivity index (χ2v) is 7.01. The quantitative estimate of drug-likeness (QED) is 0.614. The van der Waals surface area contributed by atoms with Gasteiger partial charge in [-0.05, 0) is 18.6 Å². The average molecular weight is 362 g/mol. The van der Waals surface area contributed by atoms with E-state index in [0.29, 0.717) is 13.2 Å². The number of aryl methyl sites for hydroxylation is 1. The van der Waals surface area contributed by atoms with E-state index < -0.39 is 6.10 Å². The molecule has 3 rings (SSSR count). The summed E-state index contributed by atoms with van der Waals surface area (Å²) in [6.45, 7) is 4.70. The lowest BCUT2D eigenvalue weighted by molar-refractivity contribution is -0.930. The van der Waals surface area contributed by atoms with Crippen LogP contribution in [0.5, 0.6) is 5.75 Å². The van der Waals surface area contributed by atoms with Gasteiger partial charge in [0.05, 0.1) is 0 Å². The first kappa shape index (κ1) is 19.2. The molecule has 0 saturated carbocycles. The minimum atomic E-state index is -0.521. The van der Waals surface area contributed by atoms with Crippen molar-refractivity contribution in [3.63, 3.8) is 0 Å². The number of benzene rings is 3. The molecule has 3 nitrogen and oxygen atoms in total. The van der Waals surface area contributed by atoms with Gasteiger partial charge in [-0.2, -0.15) is 0 Å². The zero-order valence-corrected chi connectivity index (χ0v) is 15.8.